The van der Waals surface area contributed by atoms with E-state index in [4.69, 9.17) is 11.6 Å². The van der Waals surface area contributed by atoms with Crippen LogP contribution in [0.3, 0.4) is 0 Å². The third-order valence-electron chi connectivity index (χ3n) is 3.98. The smallest absolute Gasteiger partial charge is 0.234 e. The van der Waals surface area contributed by atoms with Gasteiger partial charge < -0.3 is 10.6 Å². The molecule has 2 N–H and O–H groups in total. The van der Waals surface area contributed by atoms with Gasteiger partial charge in [-0.3, -0.25) is 4.79 Å². The second-order valence-corrected chi connectivity index (χ2v) is 8.99. The molecule has 1 aliphatic heterocycles. The molecule has 0 aromatic heterocycles. The highest BCUT2D eigenvalue weighted by atomic mass is 35.5. The quantitative estimate of drug-likeness (QED) is 0.814. The van der Waals surface area contributed by atoms with Crippen molar-refractivity contribution in [3.05, 3.63) is 34.9 Å². The third kappa shape index (κ3) is 5.48. The van der Waals surface area contributed by atoms with Crippen molar-refractivity contribution in [1.82, 2.24) is 10.6 Å². The summed E-state index contributed by atoms with van der Waals surface area (Å²) < 4.78 is 22.8. The number of amides is 1. The van der Waals surface area contributed by atoms with Gasteiger partial charge in [0, 0.05) is 17.1 Å². The molecule has 1 saturated heterocycles. The molecule has 2 rings (SSSR count). The summed E-state index contributed by atoms with van der Waals surface area (Å²) >= 11 is 5.91. The van der Waals surface area contributed by atoms with Crippen LogP contribution >= 0.6 is 11.6 Å². The molecule has 128 valence electrons. The standard InChI is InChI=1S/C16H23ClN2O3S/c1-11(2)16(12-3-5-13(17)6-4-12)18-9-15(20)19-14-7-8-23(21,22)10-14/h3-6,11,14,16,18H,7-10H2,1-2H3,(H,19,20)/t14-,16+/m0/s1. The predicted octanol–water partition coefficient (Wildman–Crippen LogP) is 1.93. The van der Waals surface area contributed by atoms with Crippen LogP contribution in [0.15, 0.2) is 24.3 Å². The van der Waals surface area contributed by atoms with Gasteiger partial charge in [-0.25, -0.2) is 8.42 Å². The summed E-state index contributed by atoms with van der Waals surface area (Å²) in [7, 11) is -2.98. The lowest BCUT2D eigenvalue weighted by Crippen LogP contribution is -2.42. The van der Waals surface area contributed by atoms with Crippen LogP contribution in [0.1, 0.15) is 31.9 Å². The van der Waals surface area contributed by atoms with E-state index in [1.54, 1.807) is 0 Å². The number of sulfone groups is 1. The van der Waals surface area contributed by atoms with Gasteiger partial charge in [0.25, 0.3) is 0 Å². The average molecular weight is 359 g/mol. The van der Waals surface area contributed by atoms with Gasteiger partial charge in [-0.05, 0) is 30.0 Å². The summed E-state index contributed by atoms with van der Waals surface area (Å²) in [5.41, 5.74) is 1.07. The van der Waals surface area contributed by atoms with Crippen LogP contribution < -0.4 is 10.6 Å². The van der Waals surface area contributed by atoms with Crippen LogP contribution in [0.2, 0.25) is 5.02 Å². The molecule has 0 aliphatic carbocycles. The third-order valence-corrected chi connectivity index (χ3v) is 6.00. The molecule has 0 saturated carbocycles. The normalized spacial score (nSPS) is 21.3. The first-order valence-electron chi connectivity index (χ1n) is 7.75. The van der Waals surface area contributed by atoms with E-state index in [0.717, 1.165) is 5.56 Å². The van der Waals surface area contributed by atoms with Gasteiger partial charge in [0.15, 0.2) is 9.84 Å². The van der Waals surface area contributed by atoms with E-state index < -0.39 is 9.84 Å². The Morgan fingerprint density at radius 2 is 1.96 bits per heavy atom. The SMILES string of the molecule is CC(C)[C@@H](NCC(=O)N[C@H]1CCS(=O)(=O)C1)c1ccc(Cl)cc1. The Bertz CT molecular complexity index is 644. The molecular formula is C16H23ClN2O3S. The van der Waals surface area contributed by atoms with E-state index in [1.165, 1.54) is 0 Å². The highest BCUT2D eigenvalue weighted by Crippen LogP contribution is 2.23. The monoisotopic (exact) mass is 358 g/mol. The van der Waals surface area contributed by atoms with Gasteiger partial charge in [0.1, 0.15) is 0 Å². The molecule has 1 aliphatic rings. The fraction of sp³-hybridized carbons (Fsp3) is 0.562. The highest BCUT2D eigenvalue weighted by molar-refractivity contribution is 7.91. The van der Waals surface area contributed by atoms with Crippen molar-refractivity contribution >= 4 is 27.3 Å². The van der Waals surface area contributed by atoms with Crippen LogP contribution in [0, 0.1) is 5.92 Å². The Balaban J connectivity index is 1.89. The minimum atomic E-state index is -2.98. The van der Waals surface area contributed by atoms with E-state index >= 15 is 0 Å². The number of rotatable bonds is 6. The summed E-state index contributed by atoms with van der Waals surface area (Å²) in [6, 6.07) is 7.32. The van der Waals surface area contributed by atoms with Crippen LogP contribution in [0.25, 0.3) is 0 Å². The molecule has 0 unspecified atom stereocenters. The van der Waals surface area contributed by atoms with Gasteiger partial charge >= 0.3 is 0 Å². The first-order chi connectivity index (χ1) is 10.8. The molecule has 1 heterocycles. The fourth-order valence-corrected chi connectivity index (χ4v) is 4.60. The Morgan fingerprint density at radius 3 is 2.48 bits per heavy atom. The molecule has 5 nitrogen and oxygen atoms in total. The number of hydrogen-bond acceptors (Lipinski definition) is 4. The summed E-state index contributed by atoms with van der Waals surface area (Å²) in [6.45, 7) is 4.31. The van der Waals surface area contributed by atoms with Crippen molar-refractivity contribution in [2.45, 2.75) is 32.4 Å². The van der Waals surface area contributed by atoms with Crippen molar-refractivity contribution in [1.29, 1.82) is 0 Å². The summed E-state index contributed by atoms with van der Waals surface area (Å²) in [5.74, 6) is 0.330. The average Bonchev–Trinajstić information content (AvgIpc) is 2.79. The molecule has 0 bridgehead atoms. The topological polar surface area (TPSA) is 75.3 Å². The van der Waals surface area contributed by atoms with E-state index in [2.05, 4.69) is 24.5 Å². The largest absolute Gasteiger partial charge is 0.351 e. The molecule has 1 amide bonds. The van der Waals surface area contributed by atoms with Gasteiger partial charge in [-0.15, -0.1) is 0 Å². The zero-order valence-corrected chi connectivity index (χ0v) is 15.0. The minimum Gasteiger partial charge on any atom is -0.351 e. The Hall–Kier alpha value is -1.11. The predicted molar refractivity (Wildman–Crippen MR) is 92.2 cm³/mol. The Labute approximate surface area is 142 Å². The maximum absolute atomic E-state index is 12.0. The van der Waals surface area contributed by atoms with Crippen LogP contribution in [-0.2, 0) is 14.6 Å². The zero-order chi connectivity index (χ0) is 17.0. The van der Waals surface area contributed by atoms with E-state index in [1.807, 2.05) is 24.3 Å². The molecule has 0 radical (unpaired) electrons. The van der Waals surface area contributed by atoms with Gasteiger partial charge in [-0.1, -0.05) is 37.6 Å². The van der Waals surface area contributed by atoms with Gasteiger partial charge in [0.2, 0.25) is 5.91 Å². The maximum atomic E-state index is 12.0. The molecule has 1 aromatic carbocycles. The van der Waals surface area contributed by atoms with Gasteiger partial charge in [0.05, 0.1) is 18.1 Å². The summed E-state index contributed by atoms with van der Waals surface area (Å²) in [4.78, 5) is 12.0. The van der Waals surface area contributed by atoms with Crippen molar-refractivity contribution < 1.29 is 13.2 Å². The fourth-order valence-electron chi connectivity index (χ4n) is 2.80. The number of nitrogens with one attached hydrogen (secondary N) is 2. The molecule has 1 fully saturated rings. The van der Waals surface area contributed by atoms with Crippen molar-refractivity contribution in [2.75, 3.05) is 18.1 Å². The molecular weight excluding hydrogens is 336 g/mol. The van der Waals surface area contributed by atoms with Crippen molar-refractivity contribution in [3.8, 4) is 0 Å². The maximum Gasteiger partial charge on any atom is 0.234 e. The molecule has 7 heteroatoms. The van der Waals surface area contributed by atoms with Gasteiger partial charge in [-0.2, -0.15) is 0 Å². The van der Waals surface area contributed by atoms with E-state index in [9.17, 15) is 13.2 Å². The Morgan fingerprint density at radius 1 is 1.30 bits per heavy atom. The van der Waals surface area contributed by atoms with E-state index in [0.29, 0.717) is 17.4 Å². The number of carbonyl (C=O) groups is 1. The summed E-state index contributed by atoms with van der Waals surface area (Å²) in [6.07, 6.45) is 0.499. The number of hydrogen-bond donors (Lipinski definition) is 2. The minimum absolute atomic E-state index is 0.0327. The lowest BCUT2D eigenvalue weighted by atomic mass is 9.96. The van der Waals surface area contributed by atoms with Crippen LogP contribution in [0.5, 0.6) is 0 Å². The van der Waals surface area contributed by atoms with Crippen molar-refractivity contribution in [3.63, 3.8) is 0 Å². The van der Waals surface area contributed by atoms with Crippen LogP contribution in [0.4, 0.5) is 0 Å². The molecule has 2 atom stereocenters. The van der Waals surface area contributed by atoms with E-state index in [-0.39, 0.29) is 36.0 Å². The Kier molecular flexibility index (Phi) is 6.06. The van der Waals surface area contributed by atoms with Crippen molar-refractivity contribution in [2.24, 2.45) is 5.92 Å². The molecule has 1 aromatic rings. The number of halogens is 1. The second-order valence-electron chi connectivity index (χ2n) is 6.32. The first kappa shape index (κ1) is 18.2. The lowest BCUT2D eigenvalue weighted by Gasteiger charge is -2.23. The highest BCUT2D eigenvalue weighted by Gasteiger charge is 2.29. The zero-order valence-electron chi connectivity index (χ0n) is 13.4. The van der Waals surface area contributed by atoms with Crippen LogP contribution in [-0.4, -0.2) is 38.4 Å². The molecule has 0 spiro atoms. The molecule has 23 heavy (non-hydrogen) atoms. The second kappa shape index (κ2) is 7.64. The lowest BCUT2D eigenvalue weighted by molar-refractivity contribution is -0.121. The number of benzene rings is 1. The number of carbonyl (C=O) groups excluding carboxylic acids is 1. The summed E-state index contributed by atoms with van der Waals surface area (Å²) in [5, 5.41) is 6.71. The first-order valence-corrected chi connectivity index (χ1v) is 9.95.